The summed E-state index contributed by atoms with van der Waals surface area (Å²) < 4.78 is 38.7. The topological polar surface area (TPSA) is 102 Å². The van der Waals surface area contributed by atoms with Gasteiger partial charge in [-0.05, 0) is 50.1 Å². The summed E-state index contributed by atoms with van der Waals surface area (Å²) in [5.41, 5.74) is 0.543. The van der Waals surface area contributed by atoms with Crippen LogP contribution in [-0.2, 0) is 15.8 Å². The van der Waals surface area contributed by atoms with E-state index in [1.54, 1.807) is 21.9 Å². The maximum atomic E-state index is 13.0. The Morgan fingerprint density at radius 1 is 0.900 bits per heavy atom. The van der Waals surface area contributed by atoms with Crippen molar-refractivity contribution in [1.29, 1.82) is 0 Å². The summed E-state index contributed by atoms with van der Waals surface area (Å²) in [6.07, 6.45) is -3.58. The summed E-state index contributed by atoms with van der Waals surface area (Å²) in [6.45, 7) is 3.97. The molecule has 40 heavy (non-hydrogen) atoms. The fraction of sp³-hybridized carbons (Fsp3) is 0.429. The fourth-order valence-corrected chi connectivity index (χ4v) is 4.83. The molecule has 0 bridgehead atoms. The van der Waals surface area contributed by atoms with Crippen molar-refractivity contribution >= 4 is 23.6 Å². The summed E-state index contributed by atoms with van der Waals surface area (Å²) >= 11 is 0. The predicted molar refractivity (Wildman–Crippen MR) is 140 cm³/mol. The van der Waals surface area contributed by atoms with Crippen LogP contribution in [-0.4, -0.2) is 90.3 Å². The number of nitrogens with zero attached hydrogens (tertiary/aromatic N) is 3. The van der Waals surface area contributed by atoms with Crippen LogP contribution in [0.15, 0.2) is 48.5 Å². The van der Waals surface area contributed by atoms with Crippen molar-refractivity contribution in [2.24, 2.45) is 0 Å². The first-order valence-corrected chi connectivity index (χ1v) is 13.1. The highest BCUT2D eigenvalue weighted by Gasteiger charge is 2.32. The van der Waals surface area contributed by atoms with Gasteiger partial charge in [-0.3, -0.25) is 24.1 Å². The largest absolute Gasteiger partial charge is 0.416 e. The van der Waals surface area contributed by atoms with E-state index in [0.717, 1.165) is 30.2 Å². The van der Waals surface area contributed by atoms with Gasteiger partial charge in [-0.2, -0.15) is 13.2 Å². The van der Waals surface area contributed by atoms with E-state index in [1.807, 2.05) is 24.0 Å². The van der Waals surface area contributed by atoms with Crippen molar-refractivity contribution in [2.75, 3.05) is 45.8 Å². The third-order valence-electron chi connectivity index (χ3n) is 7.11. The fourth-order valence-electron chi connectivity index (χ4n) is 4.83. The highest BCUT2D eigenvalue weighted by molar-refractivity contribution is 5.96. The van der Waals surface area contributed by atoms with Crippen molar-refractivity contribution in [3.63, 3.8) is 0 Å². The van der Waals surface area contributed by atoms with Crippen LogP contribution in [0.5, 0.6) is 0 Å². The molecule has 214 valence electrons. The maximum absolute atomic E-state index is 13.0. The van der Waals surface area contributed by atoms with E-state index in [0.29, 0.717) is 44.7 Å². The molecule has 4 amide bonds. The minimum atomic E-state index is -4.58. The van der Waals surface area contributed by atoms with Crippen molar-refractivity contribution in [3.8, 4) is 0 Å². The van der Waals surface area contributed by atoms with Gasteiger partial charge in [-0.25, -0.2) is 0 Å². The Labute approximate surface area is 230 Å². The monoisotopic (exact) mass is 559 g/mol. The molecule has 12 heteroatoms. The zero-order valence-corrected chi connectivity index (χ0v) is 22.2. The number of rotatable bonds is 7. The number of aryl methyl sites for hydroxylation is 1. The average molecular weight is 560 g/mol. The lowest BCUT2D eigenvalue weighted by Crippen LogP contribution is -2.54. The second-order valence-corrected chi connectivity index (χ2v) is 10.00. The zero-order valence-electron chi connectivity index (χ0n) is 22.2. The number of halogens is 3. The Hall–Kier alpha value is -3.93. The maximum Gasteiger partial charge on any atom is 0.416 e. The molecule has 2 aliphatic heterocycles. The first kappa shape index (κ1) is 29.1. The molecule has 2 saturated heterocycles. The molecule has 1 atom stereocenters. The van der Waals surface area contributed by atoms with Gasteiger partial charge in [0.25, 0.3) is 11.8 Å². The Morgan fingerprint density at radius 2 is 1.57 bits per heavy atom. The number of nitrogens with one attached hydrogen (secondary N) is 2. The van der Waals surface area contributed by atoms with Gasteiger partial charge < -0.3 is 20.4 Å². The number of alkyl halides is 3. The van der Waals surface area contributed by atoms with Crippen molar-refractivity contribution in [2.45, 2.75) is 32.1 Å². The molecule has 0 radical (unpaired) electrons. The Bertz CT molecular complexity index is 1240. The number of amides is 4. The molecule has 2 heterocycles. The zero-order chi connectivity index (χ0) is 28.9. The van der Waals surface area contributed by atoms with Gasteiger partial charge in [-0.15, -0.1) is 0 Å². The summed E-state index contributed by atoms with van der Waals surface area (Å²) in [5, 5.41) is 5.13. The molecule has 2 aromatic rings. The molecule has 2 fully saturated rings. The minimum absolute atomic E-state index is 0.0606. The van der Waals surface area contributed by atoms with E-state index in [2.05, 4.69) is 10.6 Å². The molecule has 0 aliphatic carbocycles. The van der Waals surface area contributed by atoms with Crippen LogP contribution in [0, 0.1) is 6.92 Å². The Morgan fingerprint density at radius 3 is 2.25 bits per heavy atom. The molecular formula is C28H32F3N5O4. The number of hydrogen-bond donors (Lipinski definition) is 2. The molecule has 0 aromatic heterocycles. The number of likely N-dealkylation sites (tertiary alicyclic amines) is 1. The van der Waals surface area contributed by atoms with Gasteiger partial charge in [0, 0.05) is 43.9 Å². The summed E-state index contributed by atoms with van der Waals surface area (Å²) in [7, 11) is 0. The first-order valence-electron chi connectivity index (χ1n) is 13.1. The van der Waals surface area contributed by atoms with E-state index >= 15 is 0 Å². The smallest absolute Gasteiger partial charge is 0.343 e. The second kappa shape index (κ2) is 12.5. The van der Waals surface area contributed by atoms with Crippen LogP contribution in [0.25, 0.3) is 0 Å². The van der Waals surface area contributed by atoms with Crippen LogP contribution in [0.2, 0.25) is 0 Å². The van der Waals surface area contributed by atoms with Crippen LogP contribution in [0.4, 0.5) is 13.2 Å². The number of hydrogen-bond acceptors (Lipinski definition) is 5. The van der Waals surface area contributed by atoms with Crippen molar-refractivity contribution < 1.29 is 32.3 Å². The molecular weight excluding hydrogens is 527 g/mol. The van der Waals surface area contributed by atoms with Gasteiger partial charge in [0.2, 0.25) is 11.8 Å². The number of carbonyl (C=O) groups excluding carboxylic acids is 4. The van der Waals surface area contributed by atoms with Crippen molar-refractivity contribution in [1.82, 2.24) is 25.3 Å². The third kappa shape index (κ3) is 7.38. The summed E-state index contributed by atoms with van der Waals surface area (Å²) in [4.78, 5) is 55.8. The van der Waals surface area contributed by atoms with Crippen LogP contribution in [0.3, 0.4) is 0 Å². The standard InChI is InChI=1S/C28H32F3N5O4/c1-19-7-9-20(10-8-19)27(40)35-14-12-34(13-15-35)25(38)18-36-11-3-6-23(36)33-24(37)17-32-26(39)21-4-2-5-22(16-21)28(29,30)31/h2,4-5,7-10,16,23H,3,6,11-15,17-18H2,1H3,(H,32,39)(H,33,37). The molecule has 2 aromatic carbocycles. The average Bonchev–Trinajstić information content (AvgIpc) is 3.37. The van der Waals surface area contributed by atoms with Gasteiger partial charge in [0.15, 0.2) is 0 Å². The minimum Gasteiger partial charge on any atom is -0.343 e. The Kier molecular flexibility index (Phi) is 9.08. The van der Waals surface area contributed by atoms with Crippen LogP contribution >= 0.6 is 0 Å². The molecule has 4 rings (SSSR count). The van der Waals surface area contributed by atoms with Gasteiger partial charge in [-0.1, -0.05) is 23.8 Å². The highest BCUT2D eigenvalue weighted by atomic mass is 19.4. The van der Waals surface area contributed by atoms with Crippen molar-refractivity contribution in [3.05, 3.63) is 70.8 Å². The molecule has 9 nitrogen and oxygen atoms in total. The molecule has 2 aliphatic rings. The lowest BCUT2D eigenvalue weighted by atomic mass is 10.1. The van der Waals surface area contributed by atoms with E-state index in [-0.39, 0.29) is 23.9 Å². The van der Waals surface area contributed by atoms with E-state index in [4.69, 9.17) is 0 Å². The SMILES string of the molecule is Cc1ccc(C(=O)N2CCN(C(=O)CN3CCCC3NC(=O)CNC(=O)c3cccc(C(F)(F)F)c3)CC2)cc1. The Balaban J connectivity index is 1.22. The normalized spacial score (nSPS) is 17.9. The first-order chi connectivity index (χ1) is 19.0. The number of piperazine rings is 1. The predicted octanol–water partition coefficient (Wildman–Crippen LogP) is 2.27. The highest BCUT2D eigenvalue weighted by Crippen LogP contribution is 2.29. The van der Waals surface area contributed by atoms with Crippen LogP contribution < -0.4 is 10.6 Å². The molecule has 0 saturated carbocycles. The lowest BCUT2D eigenvalue weighted by molar-refractivity contribution is -0.137. The molecule has 1 unspecified atom stereocenters. The van der Waals surface area contributed by atoms with E-state index in [9.17, 15) is 32.3 Å². The van der Waals surface area contributed by atoms with Crippen LogP contribution in [0.1, 0.15) is 44.7 Å². The molecule has 0 spiro atoms. The second-order valence-electron chi connectivity index (χ2n) is 10.00. The quantitative estimate of drug-likeness (QED) is 0.542. The molecule has 2 N–H and O–H groups in total. The number of carbonyl (C=O) groups is 4. The lowest BCUT2D eigenvalue weighted by Gasteiger charge is -2.36. The number of benzene rings is 2. The third-order valence-corrected chi connectivity index (χ3v) is 7.11. The van der Waals surface area contributed by atoms with E-state index < -0.39 is 36.3 Å². The van der Waals surface area contributed by atoms with E-state index in [1.165, 1.54) is 6.07 Å². The summed E-state index contributed by atoms with van der Waals surface area (Å²) in [5.74, 6) is -1.45. The van der Waals surface area contributed by atoms with Gasteiger partial charge >= 0.3 is 6.18 Å². The van der Waals surface area contributed by atoms with Gasteiger partial charge in [0.1, 0.15) is 0 Å². The summed E-state index contributed by atoms with van der Waals surface area (Å²) in [6, 6.07) is 11.4. The van der Waals surface area contributed by atoms with Gasteiger partial charge in [0.05, 0.1) is 24.8 Å².